The first-order chi connectivity index (χ1) is 10.3. The summed E-state index contributed by atoms with van der Waals surface area (Å²) in [4.78, 5) is 12.1. The molecule has 3 rings (SSSR count). The third kappa shape index (κ3) is 2.67. The van der Waals surface area contributed by atoms with Gasteiger partial charge in [0.1, 0.15) is 11.5 Å². The van der Waals surface area contributed by atoms with Gasteiger partial charge >= 0.3 is 0 Å². The number of anilines is 1. The lowest BCUT2D eigenvalue weighted by atomic mass is 10.1. The molecule has 5 nitrogen and oxygen atoms in total. The Hall–Kier alpha value is -2.95. The third-order valence-electron chi connectivity index (χ3n) is 3.00. The molecule has 2 aromatic heterocycles. The van der Waals surface area contributed by atoms with Gasteiger partial charge in [-0.2, -0.15) is 0 Å². The highest BCUT2D eigenvalue weighted by molar-refractivity contribution is 6.03. The molecule has 2 heterocycles. The van der Waals surface area contributed by atoms with E-state index >= 15 is 0 Å². The van der Waals surface area contributed by atoms with Gasteiger partial charge in [-0.15, -0.1) is 0 Å². The molecule has 0 fully saturated rings. The van der Waals surface area contributed by atoms with Gasteiger partial charge in [0.25, 0.3) is 5.91 Å². The highest BCUT2D eigenvalue weighted by atomic mass is 16.5. The monoisotopic (exact) mass is 283 g/mol. The summed E-state index contributed by atoms with van der Waals surface area (Å²) in [6.07, 6.45) is 3.05. The van der Waals surface area contributed by atoms with Crippen LogP contribution >= 0.6 is 0 Å². The largest absolute Gasteiger partial charge is 0.495 e. The van der Waals surface area contributed by atoms with E-state index in [1.807, 2.05) is 12.1 Å². The molecule has 0 saturated carbocycles. The lowest BCUT2D eigenvalue weighted by Gasteiger charge is -2.10. The summed E-state index contributed by atoms with van der Waals surface area (Å²) in [5.74, 6) is 1.17. The lowest BCUT2D eigenvalue weighted by molar-refractivity contribution is 0.0996. The summed E-state index contributed by atoms with van der Waals surface area (Å²) < 4.78 is 15.7. The molecule has 0 aliphatic heterocycles. The Bertz CT molecular complexity index is 730. The van der Waals surface area contributed by atoms with Crippen LogP contribution in [0, 0.1) is 0 Å². The number of carbonyl (C=O) groups excluding carboxylic acids is 1. The van der Waals surface area contributed by atoms with Crippen molar-refractivity contribution in [1.82, 2.24) is 0 Å². The number of rotatable bonds is 4. The van der Waals surface area contributed by atoms with Gasteiger partial charge in [-0.05, 0) is 42.5 Å². The van der Waals surface area contributed by atoms with E-state index in [4.69, 9.17) is 13.6 Å². The van der Waals surface area contributed by atoms with E-state index in [1.165, 1.54) is 6.26 Å². The zero-order valence-electron chi connectivity index (χ0n) is 11.3. The van der Waals surface area contributed by atoms with Gasteiger partial charge in [0.2, 0.25) is 0 Å². The van der Waals surface area contributed by atoms with Crippen molar-refractivity contribution in [3.05, 3.63) is 60.8 Å². The number of hydrogen-bond acceptors (Lipinski definition) is 4. The lowest BCUT2D eigenvalue weighted by Crippen LogP contribution is -2.11. The SMILES string of the molecule is COc1ccc(-c2ccco2)cc1NC(=O)c1ccco1. The highest BCUT2D eigenvalue weighted by Crippen LogP contribution is 2.31. The smallest absolute Gasteiger partial charge is 0.291 e. The number of ether oxygens (including phenoxy) is 1. The van der Waals surface area contributed by atoms with Gasteiger partial charge in [-0.1, -0.05) is 0 Å². The summed E-state index contributed by atoms with van der Waals surface area (Å²) in [5, 5.41) is 2.77. The molecule has 5 heteroatoms. The Morgan fingerprint density at radius 1 is 1.10 bits per heavy atom. The van der Waals surface area contributed by atoms with Crippen LogP contribution in [0.1, 0.15) is 10.6 Å². The molecule has 1 N–H and O–H groups in total. The van der Waals surface area contributed by atoms with Gasteiger partial charge in [-0.3, -0.25) is 4.79 Å². The maximum atomic E-state index is 12.1. The van der Waals surface area contributed by atoms with Crippen LogP contribution in [0.15, 0.2) is 63.8 Å². The first-order valence-electron chi connectivity index (χ1n) is 6.34. The average molecular weight is 283 g/mol. The van der Waals surface area contributed by atoms with E-state index in [2.05, 4.69) is 5.32 Å². The van der Waals surface area contributed by atoms with Gasteiger partial charge in [0, 0.05) is 5.56 Å². The molecule has 0 bridgehead atoms. The fourth-order valence-electron chi connectivity index (χ4n) is 1.99. The fraction of sp³-hybridized carbons (Fsp3) is 0.0625. The maximum Gasteiger partial charge on any atom is 0.291 e. The predicted molar refractivity (Wildman–Crippen MR) is 77.4 cm³/mol. The summed E-state index contributed by atoms with van der Waals surface area (Å²) >= 11 is 0. The molecule has 3 aromatic rings. The summed E-state index contributed by atoms with van der Waals surface area (Å²) in [6, 6.07) is 12.3. The molecule has 0 aliphatic carbocycles. The van der Waals surface area contributed by atoms with Crippen molar-refractivity contribution in [3.63, 3.8) is 0 Å². The second-order valence-electron chi connectivity index (χ2n) is 4.32. The zero-order chi connectivity index (χ0) is 14.7. The molecule has 1 aromatic carbocycles. The molecule has 0 saturated heterocycles. The first kappa shape index (κ1) is 13.1. The molecule has 0 atom stereocenters. The van der Waals surface area contributed by atoms with Gasteiger partial charge in [0.15, 0.2) is 5.76 Å². The van der Waals surface area contributed by atoms with Crippen LogP contribution in [0.3, 0.4) is 0 Å². The summed E-state index contributed by atoms with van der Waals surface area (Å²) in [5.41, 5.74) is 1.39. The fourth-order valence-corrected chi connectivity index (χ4v) is 1.99. The Kier molecular flexibility index (Phi) is 3.47. The topological polar surface area (TPSA) is 64.6 Å². The van der Waals surface area contributed by atoms with Crippen LogP contribution < -0.4 is 10.1 Å². The minimum absolute atomic E-state index is 0.237. The van der Waals surface area contributed by atoms with Crippen LogP contribution in [-0.2, 0) is 0 Å². The van der Waals surface area contributed by atoms with Crippen LogP contribution in [-0.4, -0.2) is 13.0 Å². The van der Waals surface area contributed by atoms with Gasteiger partial charge in [-0.25, -0.2) is 0 Å². The highest BCUT2D eigenvalue weighted by Gasteiger charge is 2.13. The van der Waals surface area contributed by atoms with Crippen LogP contribution in [0.5, 0.6) is 5.75 Å². The van der Waals surface area contributed by atoms with E-state index in [9.17, 15) is 4.79 Å². The van der Waals surface area contributed by atoms with E-state index in [1.54, 1.807) is 43.7 Å². The molecular formula is C16H13NO4. The van der Waals surface area contributed by atoms with Crippen molar-refractivity contribution in [2.24, 2.45) is 0 Å². The number of hydrogen-bond donors (Lipinski definition) is 1. The first-order valence-corrected chi connectivity index (χ1v) is 6.34. The van der Waals surface area contributed by atoms with Crippen molar-refractivity contribution in [2.45, 2.75) is 0 Å². The molecule has 1 amide bonds. The molecule has 106 valence electrons. The Morgan fingerprint density at radius 3 is 2.57 bits per heavy atom. The molecular weight excluding hydrogens is 270 g/mol. The minimum Gasteiger partial charge on any atom is -0.495 e. The predicted octanol–water partition coefficient (Wildman–Crippen LogP) is 3.80. The number of benzene rings is 1. The number of amides is 1. The Labute approximate surface area is 121 Å². The van der Waals surface area contributed by atoms with E-state index in [0.29, 0.717) is 17.2 Å². The van der Waals surface area contributed by atoms with Gasteiger partial charge in [0.05, 0.1) is 25.3 Å². The van der Waals surface area contributed by atoms with Crippen molar-refractivity contribution in [1.29, 1.82) is 0 Å². The molecule has 0 spiro atoms. The number of nitrogens with one attached hydrogen (secondary N) is 1. The maximum absolute atomic E-state index is 12.1. The average Bonchev–Trinajstić information content (AvgIpc) is 3.20. The zero-order valence-corrected chi connectivity index (χ0v) is 11.3. The quantitative estimate of drug-likeness (QED) is 0.791. The number of methoxy groups -OCH3 is 1. The van der Waals surface area contributed by atoms with Crippen LogP contribution in [0.2, 0.25) is 0 Å². The summed E-state index contributed by atoms with van der Waals surface area (Å²) in [6.45, 7) is 0. The minimum atomic E-state index is -0.338. The van der Waals surface area contributed by atoms with E-state index in [-0.39, 0.29) is 11.7 Å². The Balaban J connectivity index is 1.92. The molecule has 0 unspecified atom stereocenters. The Morgan fingerprint density at radius 2 is 1.90 bits per heavy atom. The number of carbonyl (C=O) groups is 1. The summed E-state index contributed by atoms with van der Waals surface area (Å²) in [7, 11) is 1.55. The van der Waals surface area contributed by atoms with E-state index < -0.39 is 0 Å². The molecule has 0 aliphatic rings. The third-order valence-corrected chi connectivity index (χ3v) is 3.00. The van der Waals surface area contributed by atoms with Crippen molar-refractivity contribution < 1.29 is 18.4 Å². The van der Waals surface area contributed by atoms with Crippen molar-refractivity contribution in [2.75, 3.05) is 12.4 Å². The molecule has 21 heavy (non-hydrogen) atoms. The second kappa shape index (κ2) is 5.58. The van der Waals surface area contributed by atoms with E-state index in [0.717, 1.165) is 5.56 Å². The molecule has 0 radical (unpaired) electrons. The standard InChI is InChI=1S/C16H13NO4/c1-19-14-7-6-11(13-4-2-8-20-13)10-12(14)17-16(18)15-5-3-9-21-15/h2-10H,1H3,(H,17,18). The van der Waals surface area contributed by atoms with Crippen LogP contribution in [0.25, 0.3) is 11.3 Å². The second-order valence-corrected chi connectivity index (χ2v) is 4.32. The van der Waals surface area contributed by atoms with Crippen molar-refractivity contribution >= 4 is 11.6 Å². The van der Waals surface area contributed by atoms with Gasteiger partial charge < -0.3 is 18.9 Å². The van der Waals surface area contributed by atoms with Crippen LogP contribution in [0.4, 0.5) is 5.69 Å². The van der Waals surface area contributed by atoms with Crippen molar-refractivity contribution in [3.8, 4) is 17.1 Å². The number of furan rings is 2. The normalized spacial score (nSPS) is 10.3.